The number of ether oxygens (including phenoxy) is 3. The van der Waals surface area contributed by atoms with E-state index < -0.39 is 5.54 Å². The molecule has 2 N–H and O–H groups in total. The van der Waals surface area contributed by atoms with Crippen LogP contribution in [0.2, 0.25) is 0 Å². The van der Waals surface area contributed by atoms with Crippen molar-refractivity contribution in [1.29, 1.82) is 0 Å². The first kappa shape index (κ1) is 14.8. The Bertz CT molecular complexity index is 495. The molecule has 3 unspecified atom stereocenters. The van der Waals surface area contributed by atoms with Crippen LogP contribution in [0.15, 0.2) is 24.3 Å². The largest absolute Gasteiger partial charge is 0.496 e. The summed E-state index contributed by atoms with van der Waals surface area (Å²) in [4.78, 5) is 0. The van der Waals surface area contributed by atoms with Gasteiger partial charge < -0.3 is 19.9 Å². The molecule has 2 aliphatic heterocycles. The normalized spacial score (nSPS) is 32.0. The zero-order valence-corrected chi connectivity index (χ0v) is 12.9. The fourth-order valence-corrected chi connectivity index (χ4v) is 3.71. The fourth-order valence-electron chi connectivity index (χ4n) is 3.71. The standard InChI is InChI=1S/C17H25NO3/c1-16(18,14-5-3-4-6-15(14)19-2)13-7-9-21-17(11-13)8-10-20-12-17/h3-6,13H,7-12,18H2,1-2H3. The highest BCUT2D eigenvalue weighted by atomic mass is 16.6. The molecule has 21 heavy (non-hydrogen) atoms. The highest BCUT2D eigenvalue weighted by molar-refractivity contribution is 5.39. The molecule has 0 radical (unpaired) electrons. The lowest BCUT2D eigenvalue weighted by Gasteiger charge is -2.44. The molecule has 3 atom stereocenters. The van der Waals surface area contributed by atoms with Crippen molar-refractivity contribution in [2.24, 2.45) is 11.7 Å². The number of rotatable bonds is 3. The van der Waals surface area contributed by atoms with E-state index in [9.17, 15) is 0 Å². The smallest absolute Gasteiger partial charge is 0.123 e. The van der Waals surface area contributed by atoms with Crippen LogP contribution in [-0.4, -0.2) is 32.5 Å². The van der Waals surface area contributed by atoms with Gasteiger partial charge in [-0.15, -0.1) is 0 Å². The molecule has 2 heterocycles. The van der Waals surface area contributed by atoms with Gasteiger partial charge in [0, 0.05) is 30.7 Å². The summed E-state index contributed by atoms with van der Waals surface area (Å²) in [5.41, 5.74) is 7.30. The van der Waals surface area contributed by atoms with Crippen LogP contribution in [0.1, 0.15) is 31.7 Å². The Morgan fingerprint density at radius 2 is 2.14 bits per heavy atom. The van der Waals surface area contributed by atoms with Crippen LogP contribution in [0.5, 0.6) is 5.75 Å². The first-order chi connectivity index (χ1) is 10.1. The lowest BCUT2D eigenvalue weighted by atomic mass is 9.71. The summed E-state index contributed by atoms with van der Waals surface area (Å²) >= 11 is 0. The van der Waals surface area contributed by atoms with E-state index in [0.717, 1.165) is 43.8 Å². The van der Waals surface area contributed by atoms with E-state index in [1.165, 1.54) is 0 Å². The SMILES string of the molecule is COc1ccccc1C(C)(N)C1CCOC2(CCOC2)C1. The van der Waals surface area contributed by atoms with E-state index in [1.54, 1.807) is 7.11 Å². The number of hydrogen-bond acceptors (Lipinski definition) is 4. The van der Waals surface area contributed by atoms with E-state index in [1.807, 2.05) is 18.2 Å². The predicted octanol–water partition coefficient (Wildman–Crippen LogP) is 2.45. The third-order valence-corrected chi connectivity index (χ3v) is 5.10. The quantitative estimate of drug-likeness (QED) is 0.929. The zero-order chi connectivity index (χ0) is 14.9. The van der Waals surface area contributed by atoms with Crippen LogP contribution in [-0.2, 0) is 15.0 Å². The Morgan fingerprint density at radius 1 is 1.33 bits per heavy atom. The minimum atomic E-state index is -0.425. The molecular weight excluding hydrogens is 266 g/mol. The molecule has 0 aliphatic carbocycles. The van der Waals surface area contributed by atoms with Gasteiger partial charge in [0.2, 0.25) is 0 Å². The second-order valence-electron chi connectivity index (χ2n) is 6.51. The molecule has 0 aromatic heterocycles. The van der Waals surface area contributed by atoms with Crippen LogP contribution >= 0.6 is 0 Å². The second kappa shape index (κ2) is 5.59. The van der Waals surface area contributed by atoms with Crippen LogP contribution in [0.3, 0.4) is 0 Å². The van der Waals surface area contributed by atoms with Gasteiger partial charge in [0.15, 0.2) is 0 Å². The molecule has 3 rings (SSSR count). The monoisotopic (exact) mass is 291 g/mol. The Morgan fingerprint density at radius 3 is 2.86 bits per heavy atom. The van der Waals surface area contributed by atoms with Crippen molar-refractivity contribution >= 4 is 0 Å². The summed E-state index contributed by atoms with van der Waals surface area (Å²) < 4.78 is 17.1. The minimum absolute atomic E-state index is 0.119. The molecule has 1 aromatic carbocycles. The second-order valence-corrected chi connectivity index (χ2v) is 6.51. The van der Waals surface area contributed by atoms with Gasteiger partial charge in [-0.1, -0.05) is 18.2 Å². The summed E-state index contributed by atoms with van der Waals surface area (Å²) in [6.45, 7) is 4.37. The summed E-state index contributed by atoms with van der Waals surface area (Å²) in [5, 5.41) is 0. The Labute approximate surface area is 126 Å². The van der Waals surface area contributed by atoms with Crippen LogP contribution in [0.4, 0.5) is 0 Å². The molecule has 1 aromatic rings. The summed E-state index contributed by atoms with van der Waals surface area (Å²) in [6.07, 6.45) is 2.91. The van der Waals surface area contributed by atoms with E-state index in [2.05, 4.69) is 13.0 Å². The topological polar surface area (TPSA) is 53.7 Å². The van der Waals surface area contributed by atoms with Crippen LogP contribution in [0.25, 0.3) is 0 Å². The van der Waals surface area contributed by atoms with Crippen LogP contribution < -0.4 is 10.5 Å². The third kappa shape index (κ3) is 2.68. The van der Waals surface area contributed by atoms with Crippen molar-refractivity contribution in [2.75, 3.05) is 26.9 Å². The number of benzene rings is 1. The first-order valence-corrected chi connectivity index (χ1v) is 7.71. The summed E-state index contributed by atoms with van der Waals surface area (Å²) in [6, 6.07) is 8.06. The lowest BCUT2D eigenvalue weighted by Crippen LogP contribution is -2.50. The highest BCUT2D eigenvalue weighted by Gasteiger charge is 2.46. The van der Waals surface area contributed by atoms with E-state index in [-0.39, 0.29) is 5.60 Å². The van der Waals surface area contributed by atoms with Crippen molar-refractivity contribution in [2.45, 2.75) is 37.3 Å². The summed E-state index contributed by atoms with van der Waals surface area (Å²) in [5.74, 6) is 1.23. The molecule has 2 fully saturated rings. The van der Waals surface area contributed by atoms with Crippen molar-refractivity contribution < 1.29 is 14.2 Å². The van der Waals surface area contributed by atoms with Crippen molar-refractivity contribution in [3.63, 3.8) is 0 Å². The van der Waals surface area contributed by atoms with Crippen molar-refractivity contribution in [1.82, 2.24) is 0 Å². The number of nitrogens with two attached hydrogens (primary N) is 1. The molecule has 116 valence electrons. The molecular formula is C17H25NO3. The Balaban J connectivity index is 1.86. The summed E-state index contributed by atoms with van der Waals surface area (Å²) in [7, 11) is 1.70. The lowest BCUT2D eigenvalue weighted by molar-refractivity contribution is -0.109. The molecule has 0 amide bonds. The predicted molar refractivity (Wildman–Crippen MR) is 81.4 cm³/mol. The van der Waals surface area contributed by atoms with E-state index in [0.29, 0.717) is 12.5 Å². The number of hydrogen-bond donors (Lipinski definition) is 1. The first-order valence-electron chi connectivity index (χ1n) is 7.71. The zero-order valence-electron chi connectivity index (χ0n) is 12.9. The van der Waals surface area contributed by atoms with Crippen molar-refractivity contribution in [3.8, 4) is 5.75 Å². The van der Waals surface area contributed by atoms with Gasteiger partial charge >= 0.3 is 0 Å². The molecule has 1 spiro atoms. The van der Waals surface area contributed by atoms with Gasteiger partial charge in [0.05, 0.1) is 19.3 Å². The molecule has 0 saturated carbocycles. The highest BCUT2D eigenvalue weighted by Crippen LogP contribution is 2.44. The minimum Gasteiger partial charge on any atom is -0.496 e. The maximum atomic E-state index is 6.76. The van der Waals surface area contributed by atoms with Gasteiger partial charge in [-0.25, -0.2) is 0 Å². The average Bonchev–Trinajstić information content (AvgIpc) is 2.95. The third-order valence-electron chi connectivity index (χ3n) is 5.10. The van der Waals surface area contributed by atoms with Crippen LogP contribution in [0, 0.1) is 5.92 Å². The van der Waals surface area contributed by atoms with Gasteiger partial charge in [-0.05, 0) is 31.7 Å². The van der Waals surface area contributed by atoms with Gasteiger partial charge in [0.25, 0.3) is 0 Å². The van der Waals surface area contributed by atoms with Crippen molar-refractivity contribution in [3.05, 3.63) is 29.8 Å². The van der Waals surface area contributed by atoms with Gasteiger partial charge in [-0.3, -0.25) is 0 Å². The average molecular weight is 291 g/mol. The van der Waals surface area contributed by atoms with Gasteiger partial charge in [-0.2, -0.15) is 0 Å². The number of methoxy groups -OCH3 is 1. The fraction of sp³-hybridized carbons (Fsp3) is 0.647. The Hall–Kier alpha value is -1.10. The maximum Gasteiger partial charge on any atom is 0.123 e. The molecule has 2 aliphatic rings. The maximum absolute atomic E-state index is 6.76. The van der Waals surface area contributed by atoms with Gasteiger partial charge in [0.1, 0.15) is 5.75 Å². The molecule has 4 nitrogen and oxygen atoms in total. The number of para-hydroxylation sites is 1. The van der Waals surface area contributed by atoms with E-state index in [4.69, 9.17) is 19.9 Å². The molecule has 4 heteroatoms. The van der Waals surface area contributed by atoms with E-state index >= 15 is 0 Å². The molecule has 0 bridgehead atoms. The molecule has 2 saturated heterocycles. The Kier molecular flexibility index (Phi) is 3.95.